The van der Waals surface area contributed by atoms with Crippen molar-refractivity contribution in [1.29, 1.82) is 0 Å². The Balaban J connectivity index is 2.53. The van der Waals surface area contributed by atoms with Crippen LogP contribution in [0.3, 0.4) is 0 Å². The second-order valence-electron chi connectivity index (χ2n) is 4.68. The third kappa shape index (κ3) is 2.62. The summed E-state index contributed by atoms with van der Waals surface area (Å²) < 4.78 is 7.26. The van der Waals surface area contributed by atoms with E-state index in [0.29, 0.717) is 0 Å². The first-order valence-electron chi connectivity index (χ1n) is 6.18. The quantitative estimate of drug-likeness (QED) is 0.647. The standard InChI is InChI=1S/C14H20N4O/c1-9-5-6-13(19-4)11(7-9)14(16-15)12-8-10(2)17-18(12)3/h5-8,14,16H,15H2,1-4H3. The van der Waals surface area contributed by atoms with Gasteiger partial charge in [0.25, 0.3) is 0 Å². The lowest BCUT2D eigenvalue weighted by Gasteiger charge is -2.19. The molecule has 0 aliphatic rings. The molecule has 1 unspecified atom stereocenters. The van der Waals surface area contributed by atoms with Gasteiger partial charge in [0.2, 0.25) is 0 Å². The van der Waals surface area contributed by atoms with E-state index >= 15 is 0 Å². The zero-order valence-electron chi connectivity index (χ0n) is 11.8. The van der Waals surface area contributed by atoms with Crippen molar-refractivity contribution >= 4 is 0 Å². The van der Waals surface area contributed by atoms with Gasteiger partial charge in [-0.1, -0.05) is 17.7 Å². The predicted molar refractivity (Wildman–Crippen MR) is 74.8 cm³/mol. The van der Waals surface area contributed by atoms with Crippen molar-refractivity contribution in [3.63, 3.8) is 0 Å². The second-order valence-corrected chi connectivity index (χ2v) is 4.68. The molecule has 0 bridgehead atoms. The lowest BCUT2D eigenvalue weighted by Crippen LogP contribution is -2.30. The number of nitrogens with zero attached hydrogens (tertiary/aromatic N) is 2. The third-order valence-electron chi connectivity index (χ3n) is 3.20. The van der Waals surface area contributed by atoms with Crippen molar-refractivity contribution in [2.75, 3.05) is 7.11 Å². The first-order valence-corrected chi connectivity index (χ1v) is 6.18. The zero-order valence-corrected chi connectivity index (χ0v) is 11.8. The van der Waals surface area contributed by atoms with Gasteiger partial charge in [-0.05, 0) is 26.0 Å². The van der Waals surface area contributed by atoms with Gasteiger partial charge in [0, 0.05) is 12.6 Å². The number of aryl methyl sites for hydroxylation is 3. The molecule has 0 saturated heterocycles. The smallest absolute Gasteiger partial charge is 0.124 e. The van der Waals surface area contributed by atoms with Crippen molar-refractivity contribution in [3.05, 3.63) is 46.8 Å². The van der Waals surface area contributed by atoms with E-state index in [1.54, 1.807) is 7.11 Å². The van der Waals surface area contributed by atoms with Crippen LogP contribution in [0, 0.1) is 13.8 Å². The molecular weight excluding hydrogens is 240 g/mol. The minimum Gasteiger partial charge on any atom is -0.496 e. The molecular formula is C14H20N4O. The zero-order chi connectivity index (χ0) is 14.0. The Bertz CT molecular complexity index is 577. The Hall–Kier alpha value is -1.85. The van der Waals surface area contributed by atoms with E-state index in [1.807, 2.05) is 43.8 Å². The normalized spacial score (nSPS) is 12.5. The number of benzene rings is 1. The number of hydrogen-bond acceptors (Lipinski definition) is 4. The van der Waals surface area contributed by atoms with Crippen LogP contribution in [-0.2, 0) is 7.05 Å². The van der Waals surface area contributed by atoms with Gasteiger partial charge in [-0.3, -0.25) is 10.5 Å². The van der Waals surface area contributed by atoms with Gasteiger partial charge in [-0.15, -0.1) is 0 Å². The Morgan fingerprint density at radius 1 is 1.32 bits per heavy atom. The molecule has 102 valence electrons. The van der Waals surface area contributed by atoms with Crippen molar-refractivity contribution in [2.24, 2.45) is 12.9 Å². The first kappa shape index (κ1) is 13.6. The fraction of sp³-hybridized carbons (Fsp3) is 0.357. The molecule has 2 aromatic rings. The van der Waals surface area contributed by atoms with E-state index in [-0.39, 0.29) is 6.04 Å². The fourth-order valence-electron chi connectivity index (χ4n) is 2.31. The predicted octanol–water partition coefficient (Wildman–Crippen LogP) is 1.60. The summed E-state index contributed by atoms with van der Waals surface area (Å²) in [7, 11) is 3.57. The number of aromatic nitrogens is 2. The minimum absolute atomic E-state index is 0.152. The number of rotatable bonds is 4. The van der Waals surface area contributed by atoms with E-state index < -0.39 is 0 Å². The van der Waals surface area contributed by atoms with Crippen molar-refractivity contribution in [3.8, 4) is 5.75 Å². The first-order chi connectivity index (χ1) is 9.06. The highest BCUT2D eigenvalue weighted by Crippen LogP contribution is 2.30. The molecule has 0 spiro atoms. The van der Waals surface area contributed by atoms with E-state index in [4.69, 9.17) is 10.6 Å². The summed E-state index contributed by atoms with van der Waals surface area (Å²) in [4.78, 5) is 0. The van der Waals surface area contributed by atoms with E-state index in [9.17, 15) is 0 Å². The molecule has 0 aliphatic carbocycles. The number of nitrogens with two attached hydrogens (primary N) is 1. The summed E-state index contributed by atoms with van der Waals surface area (Å²) in [5, 5.41) is 4.36. The number of ether oxygens (including phenoxy) is 1. The molecule has 5 heteroatoms. The minimum atomic E-state index is -0.152. The van der Waals surface area contributed by atoms with E-state index in [0.717, 1.165) is 28.3 Å². The summed E-state index contributed by atoms with van der Waals surface area (Å²) in [6.45, 7) is 4.01. The highest BCUT2D eigenvalue weighted by Gasteiger charge is 2.20. The highest BCUT2D eigenvalue weighted by atomic mass is 16.5. The maximum absolute atomic E-state index is 5.74. The van der Waals surface area contributed by atoms with Crippen LogP contribution in [-0.4, -0.2) is 16.9 Å². The second kappa shape index (κ2) is 5.42. The number of methoxy groups -OCH3 is 1. The van der Waals surface area contributed by atoms with Gasteiger partial charge in [0.05, 0.1) is 24.5 Å². The average Bonchev–Trinajstić information content (AvgIpc) is 2.70. The van der Waals surface area contributed by atoms with Crippen LogP contribution in [0.4, 0.5) is 0 Å². The van der Waals surface area contributed by atoms with E-state index in [2.05, 4.69) is 16.6 Å². The van der Waals surface area contributed by atoms with Gasteiger partial charge in [0.1, 0.15) is 5.75 Å². The van der Waals surface area contributed by atoms with Crippen LogP contribution < -0.4 is 16.0 Å². The van der Waals surface area contributed by atoms with Crippen LogP contribution in [0.2, 0.25) is 0 Å². The number of hydrazine groups is 1. The lowest BCUT2D eigenvalue weighted by molar-refractivity contribution is 0.402. The number of nitrogens with one attached hydrogen (secondary N) is 1. The molecule has 5 nitrogen and oxygen atoms in total. The Morgan fingerprint density at radius 2 is 2.05 bits per heavy atom. The molecule has 3 N–H and O–H groups in total. The van der Waals surface area contributed by atoms with Crippen LogP contribution in [0.15, 0.2) is 24.3 Å². The summed E-state index contributed by atoms with van der Waals surface area (Å²) in [6, 6.07) is 7.92. The fourth-order valence-corrected chi connectivity index (χ4v) is 2.31. The molecule has 0 fully saturated rings. The van der Waals surface area contributed by atoms with Crippen molar-refractivity contribution in [1.82, 2.24) is 15.2 Å². The Labute approximate surface area is 113 Å². The SMILES string of the molecule is COc1ccc(C)cc1C(NN)c1cc(C)nn1C. The lowest BCUT2D eigenvalue weighted by atomic mass is 10.0. The summed E-state index contributed by atoms with van der Waals surface area (Å²) in [5.41, 5.74) is 6.99. The largest absolute Gasteiger partial charge is 0.496 e. The monoisotopic (exact) mass is 260 g/mol. The maximum Gasteiger partial charge on any atom is 0.124 e. The van der Waals surface area contributed by atoms with E-state index in [1.165, 1.54) is 0 Å². The molecule has 0 saturated carbocycles. The summed E-state index contributed by atoms with van der Waals surface area (Å²) in [6.07, 6.45) is 0. The number of hydrogen-bond donors (Lipinski definition) is 2. The molecule has 1 aromatic carbocycles. The van der Waals surface area contributed by atoms with Gasteiger partial charge in [-0.25, -0.2) is 5.43 Å². The van der Waals surface area contributed by atoms with Crippen molar-refractivity contribution < 1.29 is 4.74 Å². The van der Waals surface area contributed by atoms with Crippen molar-refractivity contribution in [2.45, 2.75) is 19.9 Å². The van der Waals surface area contributed by atoms with Crippen LogP contribution >= 0.6 is 0 Å². The van der Waals surface area contributed by atoms with Gasteiger partial charge in [-0.2, -0.15) is 5.10 Å². The average molecular weight is 260 g/mol. The third-order valence-corrected chi connectivity index (χ3v) is 3.20. The van der Waals surface area contributed by atoms with Crippen LogP contribution in [0.1, 0.15) is 28.6 Å². The van der Waals surface area contributed by atoms with Gasteiger partial charge >= 0.3 is 0 Å². The molecule has 2 rings (SSSR count). The topological polar surface area (TPSA) is 65.1 Å². The molecule has 1 heterocycles. The molecule has 0 amide bonds. The molecule has 0 aliphatic heterocycles. The Morgan fingerprint density at radius 3 is 2.58 bits per heavy atom. The maximum atomic E-state index is 5.74. The molecule has 1 atom stereocenters. The Kier molecular flexibility index (Phi) is 3.87. The molecule has 1 aromatic heterocycles. The van der Waals surface area contributed by atoms with Gasteiger partial charge < -0.3 is 4.74 Å². The molecule has 0 radical (unpaired) electrons. The van der Waals surface area contributed by atoms with Crippen LogP contribution in [0.25, 0.3) is 0 Å². The van der Waals surface area contributed by atoms with Crippen LogP contribution in [0.5, 0.6) is 5.75 Å². The summed E-state index contributed by atoms with van der Waals surface area (Å²) in [5.74, 6) is 6.55. The molecule has 19 heavy (non-hydrogen) atoms. The van der Waals surface area contributed by atoms with Gasteiger partial charge in [0.15, 0.2) is 0 Å². The highest BCUT2D eigenvalue weighted by molar-refractivity contribution is 5.42. The summed E-state index contributed by atoms with van der Waals surface area (Å²) >= 11 is 0.